The van der Waals surface area contributed by atoms with Crippen LogP contribution in [0.2, 0.25) is 0 Å². The first kappa shape index (κ1) is 19.9. The van der Waals surface area contributed by atoms with Gasteiger partial charge in [-0.25, -0.2) is 0 Å². The minimum atomic E-state index is -1.64. The highest BCUT2D eigenvalue weighted by Gasteiger charge is 2.40. The molecule has 4 aromatic rings. The summed E-state index contributed by atoms with van der Waals surface area (Å²) in [5.74, 6) is 1.73. The molecule has 5 rings (SSSR count). The van der Waals surface area contributed by atoms with Crippen LogP contribution in [0.1, 0.15) is 12.5 Å². The van der Waals surface area contributed by atoms with E-state index in [2.05, 4.69) is 116 Å². The van der Waals surface area contributed by atoms with E-state index in [1.807, 2.05) is 0 Å². The Morgan fingerprint density at radius 1 is 0.677 bits per heavy atom. The second-order valence-electron chi connectivity index (χ2n) is 8.40. The summed E-state index contributed by atoms with van der Waals surface area (Å²) in [4.78, 5) is 0. The maximum absolute atomic E-state index is 5.78. The third-order valence-electron chi connectivity index (χ3n) is 6.35. The van der Waals surface area contributed by atoms with Crippen LogP contribution < -0.4 is 25.0 Å². The minimum absolute atomic E-state index is 0.0744. The minimum Gasteiger partial charge on any atom is -0.454 e. The van der Waals surface area contributed by atoms with E-state index in [-0.39, 0.29) is 4.66 Å². The van der Waals surface area contributed by atoms with Gasteiger partial charge in [0.15, 0.2) is 11.5 Å². The van der Waals surface area contributed by atoms with Crippen LogP contribution in [0.3, 0.4) is 0 Å². The second-order valence-corrected chi connectivity index (χ2v) is 15.3. The zero-order valence-electron chi connectivity index (χ0n) is 17.7. The van der Waals surface area contributed by atoms with E-state index < -0.39 is 18.3 Å². The summed E-state index contributed by atoms with van der Waals surface area (Å²) in [5, 5.41) is 4.46. The monoisotopic (exact) mass is 438 g/mol. The summed E-state index contributed by atoms with van der Waals surface area (Å²) in [5.41, 5.74) is 1.37. The Kier molecular flexibility index (Phi) is 5.49. The van der Waals surface area contributed by atoms with Crippen LogP contribution >= 0.6 is 0 Å². The van der Waals surface area contributed by atoms with E-state index in [9.17, 15) is 0 Å². The summed E-state index contributed by atoms with van der Waals surface area (Å²) in [7, 11) is -2.32. The molecule has 1 aliphatic rings. The van der Waals surface area contributed by atoms with E-state index >= 15 is 0 Å². The Morgan fingerprint density at radius 3 is 1.84 bits per heavy atom. The average Bonchev–Trinajstić information content (AvgIpc) is 3.29. The van der Waals surface area contributed by atoms with Crippen molar-refractivity contribution in [2.75, 3.05) is 6.79 Å². The largest absolute Gasteiger partial charge is 0.454 e. The third-order valence-corrected chi connectivity index (χ3v) is 13.9. The maximum atomic E-state index is 5.78. The van der Waals surface area contributed by atoms with Gasteiger partial charge in [-0.15, -0.1) is 0 Å². The van der Waals surface area contributed by atoms with Gasteiger partial charge in [-0.3, -0.25) is 0 Å². The number of ether oxygens (including phenoxy) is 2. The molecule has 0 amide bonds. The molecular formula is C27H26O2Si2. The normalized spacial score (nSPS) is 14.8. The van der Waals surface area contributed by atoms with Gasteiger partial charge in [0.25, 0.3) is 0 Å². The highest BCUT2D eigenvalue weighted by Crippen LogP contribution is 2.37. The van der Waals surface area contributed by atoms with Crippen molar-refractivity contribution < 1.29 is 9.47 Å². The zero-order valence-corrected chi connectivity index (χ0v) is 20.3. The van der Waals surface area contributed by atoms with E-state index in [4.69, 9.17) is 9.47 Å². The third kappa shape index (κ3) is 3.96. The van der Waals surface area contributed by atoms with Gasteiger partial charge in [0.05, 0.1) is 9.52 Å². The van der Waals surface area contributed by atoms with Crippen molar-refractivity contribution in [3.8, 4) is 11.5 Å². The number of hydrogen-bond donors (Lipinski definition) is 0. The van der Waals surface area contributed by atoms with Gasteiger partial charge < -0.3 is 9.47 Å². The predicted octanol–water partition coefficient (Wildman–Crippen LogP) is 2.71. The molecule has 0 aliphatic carbocycles. The smallest absolute Gasteiger partial charge is 0.231 e. The summed E-state index contributed by atoms with van der Waals surface area (Å²) in [6.45, 7) is 2.81. The molecule has 2 nitrogen and oxygen atoms in total. The summed E-state index contributed by atoms with van der Waals surface area (Å²) in [6, 6.07) is 39.9. The van der Waals surface area contributed by atoms with E-state index in [1.54, 1.807) is 0 Å². The zero-order chi connectivity index (χ0) is 21.1. The van der Waals surface area contributed by atoms with Crippen molar-refractivity contribution in [1.29, 1.82) is 0 Å². The molecule has 0 bridgehead atoms. The molecule has 4 heteroatoms. The van der Waals surface area contributed by atoms with Crippen LogP contribution in [-0.4, -0.2) is 25.1 Å². The highest BCUT2D eigenvalue weighted by atomic mass is 28.3. The molecule has 4 aromatic carbocycles. The summed E-state index contributed by atoms with van der Waals surface area (Å²) < 4.78 is 11.5. The van der Waals surface area contributed by atoms with Crippen LogP contribution in [0.25, 0.3) is 0 Å². The first-order valence-corrected chi connectivity index (χ1v) is 13.9. The van der Waals surface area contributed by atoms with Crippen LogP contribution in [0.4, 0.5) is 0 Å². The first-order valence-electron chi connectivity index (χ1n) is 10.8. The topological polar surface area (TPSA) is 18.5 Å². The lowest BCUT2D eigenvalue weighted by molar-refractivity contribution is 0.174. The van der Waals surface area contributed by atoms with Crippen molar-refractivity contribution in [2.45, 2.75) is 11.6 Å². The Morgan fingerprint density at radius 2 is 1.23 bits per heavy atom. The number of benzene rings is 4. The van der Waals surface area contributed by atoms with Crippen molar-refractivity contribution in [1.82, 2.24) is 0 Å². The quantitative estimate of drug-likeness (QED) is 0.431. The molecule has 31 heavy (non-hydrogen) atoms. The molecule has 1 heterocycles. The summed E-state index contributed by atoms with van der Waals surface area (Å²) >= 11 is 0. The van der Waals surface area contributed by atoms with Gasteiger partial charge in [0, 0.05) is 0 Å². The van der Waals surface area contributed by atoms with Crippen molar-refractivity contribution in [3.05, 3.63) is 115 Å². The number of rotatable bonds is 6. The number of fused-ring (bicyclic) bond motifs is 1. The molecular weight excluding hydrogens is 412 g/mol. The van der Waals surface area contributed by atoms with Crippen LogP contribution in [-0.2, 0) is 4.66 Å². The lowest BCUT2D eigenvalue weighted by Gasteiger charge is -2.38. The Bertz CT molecular complexity index is 1110. The fourth-order valence-electron chi connectivity index (χ4n) is 4.86. The van der Waals surface area contributed by atoms with Crippen molar-refractivity contribution >= 4 is 33.9 Å². The molecule has 0 saturated carbocycles. The first-order chi connectivity index (χ1) is 15.2. The van der Waals surface area contributed by atoms with E-state index in [0.717, 1.165) is 11.5 Å². The average molecular weight is 439 g/mol. The Balaban J connectivity index is 1.71. The maximum Gasteiger partial charge on any atom is 0.231 e. The van der Waals surface area contributed by atoms with Gasteiger partial charge in [-0.2, -0.15) is 0 Å². The molecule has 1 atom stereocenters. The molecule has 0 radical (unpaired) electrons. The fourth-order valence-corrected chi connectivity index (χ4v) is 13.2. The van der Waals surface area contributed by atoms with Crippen LogP contribution in [0.15, 0.2) is 109 Å². The molecule has 0 fully saturated rings. The lowest BCUT2D eigenvalue weighted by Crippen LogP contribution is -2.61. The molecule has 154 valence electrons. The molecule has 0 aromatic heterocycles. The predicted molar refractivity (Wildman–Crippen MR) is 134 cm³/mol. The van der Waals surface area contributed by atoms with Gasteiger partial charge in [0.1, 0.15) is 8.80 Å². The van der Waals surface area contributed by atoms with E-state index in [0.29, 0.717) is 6.79 Å². The molecule has 0 saturated heterocycles. The Hall–Kier alpha value is -3.09. The van der Waals surface area contributed by atoms with Crippen LogP contribution in [0, 0.1) is 0 Å². The van der Waals surface area contributed by atoms with Gasteiger partial charge >= 0.3 is 0 Å². The summed E-state index contributed by atoms with van der Waals surface area (Å²) in [6.07, 6.45) is 0. The van der Waals surface area contributed by atoms with Crippen molar-refractivity contribution in [3.63, 3.8) is 0 Å². The van der Waals surface area contributed by atoms with Crippen LogP contribution in [0.5, 0.6) is 11.5 Å². The standard InChI is InChI=1S/C27H26O2Si2/c1-27(30-22-11-5-2-6-12-22,21-17-18-25-26(19-21)29-20-28-25)31(23-13-7-3-8-14-23)24-15-9-4-10-16-24/h2-19,31H,20,30H2,1H3. The van der Waals surface area contributed by atoms with Gasteiger partial charge in [-0.1, -0.05) is 120 Å². The molecule has 0 N–H and O–H groups in total. The van der Waals surface area contributed by atoms with Crippen molar-refractivity contribution in [2.24, 2.45) is 0 Å². The fraction of sp³-hybridized carbons (Fsp3) is 0.111. The van der Waals surface area contributed by atoms with Gasteiger partial charge in [-0.05, 0) is 22.4 Å². The highest BCUT2D eigenvalue weighted by molar-refractivity contribution is 6.95. The lowest BCUT2D eigenvalue weighted by atomic mass is 10.1. The molecule has 1 unspecified atom stereocenters. The Labute approximate surface area is 187 Å². The SMILES string of the molecule is CC([SiH2]c1ccccc1)(c1ccc2c(c1)OCO2)[SiH](c1ccccc1)c1ccccc1. The number of hydrogen-bond acceptors (Lipinski definition) is 2. The van der Waals surface area contributed by atoms with E-state index in [1.165, 1.54) is 21.1 Å². The second kappa shape index (κ2) is 8.57. The molecule has 1 aliphatic heterocycles. The molecule has 0 spiro atoms. The van der Waals surface area contributed by atoms with Gasteiger partial charge in [0.2, 0.25) is 6.79 Å².